The van der Waals surface area contributed by atoms with E-state index in [4.69, 9.17) is 4.42 Å². The van der Waals surface area contributed by atoms with Gasteiger partial charge in [-0.25, -0.2) is 0 Å². The van der Waals surface area contributed by atoms with E-state index in [1.165, 1.54) is 0 Å². The van der Waals surface area contributed by atoms with Crippen LogP contribution in [0.2, 0.25) is 0 Å². The Morgan fingerprint density at radius 2 is 1.45 bits per heavy atom. The van der Waals surface area contributed by atoms with E-state index < -0.39 is 27.0 Å². The van der Waals surface area contributed by atoms with Crippen molar-refractivity contribution in [1.29, 1.82) is 0 Å². The molecule has 0 atom stereocenters. The van der Waals surface area contributed by atoms with Crippen molar-refractivity contribution in [3.8, 4) is 11.3 Å². The number of ketones is 1. The lowest BCUT2D eigenvalue weighted by atomic mass is 9.97. The van der Waals surface area contributed by atoms with E-state index in [0.717, 1.165) is 12.1 Å². The molecule has 4 aromatic rings. The molecule has 0 aliphatic rings. The maximum absolute atomic E-state index is 13.3. The monoisotopic (exact) mass is 388 g/mol. The highest BCUT2D eigenvalue weighted by molar-refractivity contribution is 6.20. The molecule has 0 aliphatic carbocycles. The van der Waals surface area contributed by atoms with Crippen LogP contribution in [0.3, 0.4) is 0 Å². The Labute approximate surface area is 163 Å². The Kier molecular flexibility index (Phi) is 4.36. The number of hydrogen-bond acceptors (Lipinski definition) is 6. The summed E-state index contributed by atoms with van der Waals surface area (Å²) in [5.74, 6) is -0.323. The zero-order valence-corrected chi connectivity index (χ0v) is 14.8. The minimum absolute atomic E-state index is 0.0265. The zero-order chi connectivity index (χ0) is 20.5. The molecule has 0 N–H and O–H groups in total. The summed E-state index contributed by atoms with van der Waals surface area (Å²) in [7, 11) is 0. The number of furan rings is 1. The van der Waals surface area contributed by atoms with Crippen LogP contribution in [-0.4, -0.2) is 15.6 Å². The van der Waals surface area contributed by atoms with Gasteiger partial charge in [-0.2, -0.15) is 0 Å². The van der Waals surface area contributed by atoms with Crippen LogP contribution in [0.1, 0.15) is 15.9 Å². The van der Waals surface area contributed by atoms with Crippen molar-refractivity contribution in [1.82, 2.24) is 0 Å². The highest BCUT2D eigenvalue weighted by Crippen LogP contribution is 2.41. The largest absolute Gasteiger partial charge is 0.448 e. The third-order valence-corrected chi connectivity index (χ3v) is 4.46. The van der Waals surface area contributed by atoms with Crippen LogP contribution in [0.25, 0.3) is 22.3 Å². The summed E-state index contributed by atoms with van der Waals surface area (Å²) < 4.78 is 5.77. The number of hydrogen-bond donors (Lipinski definition) is 0. The molecule has 1 heterocycles. The summed E-state index contributed by atoms with van der Waals surface area (Å²) in [6, 6.07) is 18.9. The van der Waals surface area contributed by atoms with Crippen molar-refractivity contribution in [3.05, 3.63) is 104 Å². The predicted molar refractivity (Wildman–Crippen MR) is 105 cm³/mol. The molecular formula is C21H12N2O6. The number of nitro benzene ring substituents is 2. The molecule has 0 bridgehead atoms. The molecule has 8 heteroatoms. The predicted octanol–water partition coefficient (Wildman–Crippen LogP) is 5.15. The van der Waals surface area contributed by atoms with E-state index in [-0.39, 0.29) is 22.3 Å². The first-order valence-electron chi connectivity index (χ1n) is 8.52. The first-order chi connectivity index (χ1) is 14.0. The van der Waals surface area contributed by atoms with E-state index in [2.05, 4.69) is 0 Å². The van der Waals surface area contributed by atoms with Crippen molar-refractivity contribution in [2.45, 2.75) is 0 Å². The Bertz CT molecular complexity index is 1260. The van der Waals surface area contributed by atoms with Gasteiger partial charge in [0.1, 0.15) is 5.76 Å². The molecule has 4 rings (SSSR count). The Balaban J connectivity index is 2.11. The third kappa shape index (κ3) is 3.12. The SMILES string of the molecule is O=C(c1ccccc1)c1c(-c2ccccc2)oc2c([N+](=O)[O-])cc([N+](=O)[O-])cc12. The van der Waals surface area contributed by atoms with Crippen LogP contribution in [0.4, 0.5) is 11.4 Å². The van der Waals surface area contributed by atoms with Gasteiger partial charge in [-0.1, -0.05) is 60.7 Å². The normalized spacial score (nSPS) is 10.8. The van der Waals surface area contributed by atoms with Gasteiger partial charge < -0.3 is 4.42 Å². The highest BCUT2D eigenvalue weighted by Gasteiger charge is 2.30. The summed E-state index contributed by atoms with van der Waals surface area (Å²) in [5, 5.41) is 22.9. The average Bonchev–Trinajstić information content (AvgIpc) is 3.13. The molecule has 3 aromatic carbocycles. The van der Waals surface area contributed by atoms with Gasteiger partial charge >= 0.3 is 5.69 Å². The van der Waals surface area contributed by atoms with E-state index in [9.17, 15) is 25.0 Å². The number of carbonyl (C=O) groups excluding carboxylic acids is 1. The van der Waals surface area contributed by atoms with Crippen LogP contribution in [0.15, 0.2) is 77.2 Å². The molecule has 0 saturated carbocycles. The van der Waals surface area contributed by atoms with Crippen LogP contribution >= 0.6 is 0 Å². The van der Waals surface area contributed by atoms with Gasteiger partial charge in [0.25, 0.3) is 5.69 Å². The summed E-state index contributed by atoms with van der Waals surface area (Å²) in [6.07, 6.45) is 0. The second kappa shape index (κ2) is 7.01. The molecule has 0 amide bonds. The molecule has 0 radical (unpaired) electrons. The summed E-state index contributed by atoms with van der Waals surface area (Å²) >= 11 is 0. The van der Waals surface area contributed by atoms with Crippen molar-refractivity contribution < 1.29 is 19.1 Å². The molecule has 0 fully saturated rings. The smallest absolute Gasteiger partial charge is 0.319 e. The number of non-ortho nitro benzene ring substituents is 2. The van der Waals surface area contributed by atoms with E-state index in [1.54, 1.807) is 60.7 Å². The third-order valence-electron chi connectivity index (χ3n) is 4.46. The number of rotatable bonds is 5. The highest BCUT2D eigenvalue weighted by atomic mass is 16.6. The first-order valence-corrected chi connectivity index (χ1v) is 8.52. The van der Waals surface area contributed by atoms with Gasteiger partial charge in [0.2, 0.25) is 5.58 Å². The summed E-state index contributed by atoms with van der Waals surface area (Å²) in [5.41, 5.74) is -0.338. The minimum atomic E-state index is -0.760. The van der Waals surface area contributed by atoms with E-state index >= 15 is 0 Å². The lowest BCUT2D eigenvalue weighted by molar-refractivity contribution is -0.393. The number of nitrogens with zero attached hydrogens (tertiary/aromatic N) is 2. The molecule has 29 heavy (non-hydrogen) atoms. The molecule has 0 unspecified atom stereocenters. The molecule has 0 aliphatic heterocycles. The Hall–Kier alpha value is -4.33. The number of carbonyl (C=O) groups is 1. The zero-order valence-electron chi connectivity index (χ0n) is 14.8. The summed E-state index contributed by atoms with van der Waals surface area (Å²) in [6.45, 7) is 0. The maximum Gasteiger partial charge on any atom is 0.319 e. The van der Waals surface area contributed by atoms with Gasteiger partial charge in [-0.3, -0.25) is 25.0 Å². The molecule has 0 spiro atoms. The number of benzene rings is 3. The van der Waals surface area contributed by atoms with Gasteiger partial charge in [0.05, 0.1) is 21.5 Å². The average molecular weight is 388 g/mol. The van der Waals surface area contributed by atoms with Crippen LogP contribution < -0.4 is 0 Å². The molecule has 142 valence electrons. The second-order valence-corrected chi connectivity index (χ2v) is 6.22. The van der Waals surface area contributed by atoms with Gasteiger partial charge in [-0.15, -0.1) is 0 Å². The van der Waals surface area contributed by atoms with Gasteiger partial charge in [0.15, 0.2) is 5.78 Å². The standard InChI is InChI=1S/C21H12N2O6/c24-19(13-7-3-1-4-8-13)18-16-11-15(22(25)26)12-17(23(27)28)21(16)29-20(18)14-9-5-2-6-10-14/h1-12H. The lowest BCUT2D eigenvalue weighted by Crippen LogP contribution is -2.02. The first kappa shape index (κ1) is 18.1. The Morgan fingerprint density at radius 1 is 0.828 bits per heavy atom. The van der Waals surface area contributed by atoms with Crippen LogP contribution in [0.5, 0.6) is 0 Å². The fourth-order valence-corrected chi connectivity index (χ4v) is 3.16. The number of fused-ring (bicyclic) bond motifs is 1. The molecular weight excluding hydrogens is 376 g/mol. The minimum Gasteiger partial charge on any atom is -0.448 e. The van der Waals surface area contributed by atoms with Crippen molar-refractivity contribution in [3.63, 3.8) is 0 Å². The number of nitro groups is 2. The van der Waals surface area contributed by atoms with Crippen LogP contribution in [0, 0.1) is 20.2 Å². The lowest BCUT2D eigenvalue weighted by Gasteiger charge is -2.03. The molecule has 8 nitrogen and oxygen atoms in total. The molecule has 1 aromatic heterocycles. The topological polar surface area (TPSA) is 116 Å². The quantitative estimate of drug-likeness (QED) is 0.265. The van der Waals surface area contributed by atoms with E-state index in [1.807, 2.05) is 0 Å². The van der Waals surface area contributed by atoms with Gasteiger partial charge in [-0.05, 0) is 0 Å². The second-order valence-electron chi connectivity index (χ2n) is 6.22. The fraction of sp³-hybridized carbons (Fsp3) is 0. The fourth-order valence-electron chi connectivity index (χ4n) is 3.16. The summed E-state index contributed by atoms with van der Waals surface area (Å²) in [4.78, 5) is 34.6. The Morgan fingerprint density at radius 3 is 2.03 bits per heavy atom. The van der Waals surface area contributed by atoms with Gasteiger partial charge in [0, 0.05) is 22.6 Å². The van der Waals surface area contributed by atoms with Crippen molar-refractivity contribution in [2.75, 3.05) is 0 Å². The van der Waals surface area contributed by atoms with Crippen molar-refractivity contribution in [2.24, 2.45) is 0 Å². The van der Waals surface area contributed by atoms with E-state index in [0.29, 0.717) is 11.1 Å². The van der Waals surface area contributed by atoms with Crippen LogP contribution in [-0.2, 0) is 0 Å². The van der Waals surface area contributed by atoms with Crippen molar-refractivity contribution >= 4 is 28.1 Å². The maximum atomic E-state index is 13.3. The molecule has 0 saturated heterocycles.